The summed E-state index contributed by atoms with van der Waals surface area (Å²) in [6, 6.07) is 0.883. The van der Waals surface area contributed by atoms with Crippen LogP contribution in [0.4, 0.5) is 0 Å². The van der Waals surface area contributed by atoms with Crippen molar-refractivity contribution in [2.75, 3.05) is 26.2 Å². The van der Waals surface area contributed by atoms with Crippen LogP contribution in [0.5, 0.6) is 0 Å². The first-order valence-corrected chi connectivity index (χ1v) is 9.24. The summed E-state index contributed by atoms with van der Waals surface area (Å²) < 4.78 is 0. The molecule has 1 aliphatic heterocycles. The first kappa shape index (κ1) is 16.3. The predicted molar refractivity (Wildman–Crippen MR) is 88.2 cm³/mol. The van der Waals surface area contributed by atoms with Crippen molar-refractivity contribution in [3.8, 4) is 0 Å². The average Bonchev–Trinajstić information content (AvgIpc) is 2.49. The molecule has 1 aliphatic carbocycles. The molecular formula is C18H36N2. The Bertz CT molecular complexity index is 256. The smallest absolute Gasteiger partial charge is 0.00954 e. The fourth-order valence-corrected chi connectivity index (χ4v) is 4.44. The molecule has 0 aromatic carbocycles. The van der Waals surface area contributed by atoms with E-state index in [1.54, 1.807) is 0 Å². The lowest BCUT2D eigenvalue weighted by molar-refractivity contribution is 0.0517. The summed E-state index contributed by atoms with van der Waals surface area (Å²) in [6.45, 7) is 9.70. The highest BCUT2D eigenvalue weighted by atomic mass is 15.2. The summed E-state index contributed by atoms with van der Waals surface area (Å²) in [4.78, 5) is 2.87. The minimum atomic E-state index is 0.581. The largest absolute Gasteiger partial charge is 0.316 e. The van der Waals surface area contributed by atoms with Gasteiger partial charge in [0.25, 0.3) is 0 Å². The monoisotopic (exact) mass is 280 g/mol. The minimum Gasteiger partial charge on any atom is -0.316 e. The van der Waals surface area contributed by atoms with E-state index in [-0.39, 0.29) is 0 Å². The van der Waals surface area contributed by atoms with Crippen LogP contribution in [0.3, 0.4) is 0 Å². The average molecular weight is 280 g/mol. The molecule has 0 amide bonds. The van der Waals surface area contributed by atoms with Crippen molar-refractivity contribution < 1.29 is 0 Å². The SMILES string of the molecule is CCCC1CCCCN1CC1(CNCC)CCCCC1. The maximum Gasteiger partial charge on any atom is 0.00954 e. The van der Waals surface area contributed by atoms with Crippen molar-refractivity contribution in [3.05, 3.63) is 0 Å². The van der Waals surface area contributed by atoms with Gasteiger partial charge in [-0.2, -0.15) is 0 Å². The Hall–Kier alpha value is -0.0800. The summed E-state index contributed by atoms with van der Waals surface area (Å²) in [7, 11) is 0. The molecule has 2 rings (SSSR count). The van der Waals surface area contributed by atoms with Crippen molar-refractivity contribution in [1.82, 2.24) is 10.2 Å². The topological polar surface area (TPSA) is 15.3 Å². The molecule has 1 saturated carbocycles. The number of nitrogens with zero attached hydrogens (tertiary/aromatic N) is 1. The van der Waals surface area contributed by atoms with E-state index in [0.717, 1.165) is 12.6 Å². The molecular weight excluding hydrogens is 244 g/mol. The van der Waals surface area contributed by atoms with Crippen LogP contribution in [0.2, 0.25) is 0 Å². The van der Waals surface area contributed by atoms with E-state index >= 15 is 0 Å². The van der Waals surface area contributed by atoms with Gasteiger partial charge in [0.15, 0.2) is 0 Å². The van der Waals surface area contributed by atoms with Crippen molar-refractivity contribution in [2.45, 2.75) is 84.1 Å². The predicted octanol–water partition coefficient (Wildman–Crippen LogP) is 4.20. The fourth-order valence-electron chi connectivity index (χ4n) is 4.44. The number of likely N-dealkylation sites (tertiary alicyclic amines) is 1. The first-order chi connectivity index (χ1) is 9.79. The second kappa shape index (κ2) is 8.38. The molecule has 2 nitrogen and oxygen atoms in total. The van der Waals surface area contributed by atoms with E-state index in [1.165, 1.54) is 83.8 Å². The van der Waals surface area contributed by atoms with Crippen LogP contribution in [0.15, 0.2) is 0 Å². The molecule has 0 aromatic rings. The lowest BCUT2D eigenvalue weighted by atomic mass is 9.73. The Balaban J connectivity index is 1.97. The lowest BCUT2D eigenvalue weighted by Gasteiger charge is -2.45. The van der Waals surface area contributed by atoms with Gasteiger partial charge >= 0.3 is 0 Å². The van der Waals surface area contributed by atoms with Gasteiger partial charge in [-0.3, -0.25) is 4.90 Å². The van der Waals surface area contributed by atoms with Gasteiger partial charge in [-0.15, -0.1) is 0 Å². The summed E-state index contributed by atoms with van der Waals surface area (Å²) in [6.07, 6.45) is 14.4. The molecule has 2 fully saturated rings. The summed E-state index contributed by atoms with van der Waals surface area (Å²) in [5.41, 5.74) is 0.581. The molecule has 1 atom stereocenters. The van der Waals surface area contributed by atoms with Crippen LogP contribution in [0.25, 0.3) is 0 Å². The molecule has 1 saturated heterocycles. The third-order valence-electron chi connectivity index (χ3n) is 5.57. The van der Waals surface area contributed by atoms with Crippen LogP contribution in [-0.4, -0.2) is 37.1 Å². The highest BCUT2D eigenvalue weighted by Gasteiger charge is 2.35. The molecule has 0 bridgehead atoms. The highest BCUT2D eigenvalue weighted by Crippen LogP contribution is 2.38. The molecule has 0 aromatic heterocycles. The van der Waals surface area contributed by atoms with Crippen molar-refractivity contribution in [2.24, 2.45) is 5.41 Å². The molecule has 2 heteroatoms. The first-order valence-electron chi connectivity index (χ1n) is 9.24. The molecule has 20 heavy (non-hydrogen) atoms. The summed E-state index contributed by atoms with van der Waals surface area (Å²) >= 11 is 0. The molecule has 1 heterocycles. The molecule has 2 aliphatic rings. The second-order valence-corrected chi connectivity index (χ2v) is 7.25. The van der Waals surface area contributed by atoms with E-state index in [1.807, 2.05) is 0 Å². The normalized spacial score (nSPS) is 27.6. The number of hydrogen-bond donors (Lipinski definition) is 1. The Labute approximate surface area is 126 Å². The summed E-state index contributed by atoms with van der Waals surface area (Å²) in [5.74, 6) is 0. The van der Waals surface area contributed by atoms with Gasteiger partial charge in [0.05, 0.1) is 0 Å². The molecule has 118 valence electrons. The number of nitrogens with one attached hydrogen (secondary N) is 1. The number of rotatable bonds is 7. The zero-order valence-corrected chi connectivity index (χ0v) is 13.9. The zero-order valence-electron chi connectivity index (χ0n) is 13.9. The third kappa shape index (κ3) is 4.46. The molecule has 1 unspecified atom stereocenters. The van der Waals surface area contributed by atoms with Gasteiger partial charge in [0.2, 0.25) is 0 Å². The Morgan fingerprint density at radius 1 is 1.05 bits per heavy atom. The number of piperidine rings is 1. The Morgan fingerprint density at radius 3 is 2.55 bits per heavy atom. The van der Waals surface area contributed by atoms with Gasteiger partial charge < -0.3 is 5.32 Å². The maximum absolute atomic E-state index is 3.67. The van der Waals surface area contributed by atoms with Gasteiger partial charge in [0, 0.05) is 19.1 Å². The second-order valence-electron chi connectivity index (χ2n) is 7.25. The van der Waals surface area contributed by atoms with Crippen LogP contribution in [0, 0.1) is 5.41 Å². The highest BCUT2D eigenvalue weighted by molar-refractivity contribution is 4.90. The quantitative estimate of drug-likeness (QED) is 0.752. The molecule has 0 spiro atoms. The van der Waals surface area contributed by atoms with Gasteiger partial charge in [-0.05, 0) is 50.6 Å². The Morgan fingerprint density at radius 2 is 1.85 bits per heavy atom. The van der Waals surface area contributed by atoms with E-state index in [2.05, 4.69) is 24.1 Å². The van der Waals surface area contributed by atoms with Crippen LogP contribution < -0.4 is 5.32 Å². The van der Waals surface area contributed by atoms with Crippen molar-refractivity contribution in [3.63, 3.8) is 0 Å². The van der Waals surface area contributed by atoms with Crippen molar-refractivity contribution >= 4 is 0 Å². The fraction of sp³-hybridized carbons (Fsp3) is 1.00. The van der Waals surface area contributed by atoms with Crippen LogP contribution in [0.1, 0.15) is 78.1 Å². The summed E-state index contributed by atoms with van der Waals surface area (Å²) in [5, 5.41) is 3.67. The van der Waals surface area contributed by atoms with Crippen LogP contribution in [-0.2, 0) is 0 Å². The van der Waals surface area contributed by atoms with Gasteiger partial charge in [0.1, 0.15) is 0 Å². The maximum atomic E-state index is 3.67. The van der Waals surface area contributed by atoms with Gasteiger partial charge in [-0.25, -0.2) is 0 Å². The molecule has 1 N–H and O–H groups in total. The Kier molecular flexibility index (Phi) is 6.83. The minimum absolute atomic E-state index is 0.581. The zero-order chi connectivity index (χ0) is 14.3. The van der Waals surface area contributed by atoms with E-state index in [4.69, 9.17) is 0 Å². The number of hydrogen-bond acceptors (Lipinski definition) is 2. The lowest BCUT2D eigenvalue weighted by Crippen LogP contribution is -2.50. The molecule has 0 radical (unpaired) electrons. The van der Waals surface area contributed by atoms with E-state index < -0.39 is 0 Å². The van der Waals surface area contributed by atoms with E-state index in [0.29, 0.717) is 5.41 Å². The van der Waals surface area contributed by atoms with E-state index in [9.17, 15) is 0 Å². The third-order valence-corrected chi connectivity index (χ3v) is 5.57. The van der Waals surface area contributed by atoms with Crippen molar-refractivity contribution in [1.29, 1.82) is 0 Å². The van der Waals surface area contributed by atoms with Crippen LogP contribution >= 0.6 is 0 Å². The standard InChI is InChI=1S/C18H36N2/c1-3-10-17-11-6-9-14-20(17)16-18(15-19-4-2)12-7-5-8-13-18/h17,19H,3-16H2,1-2H3. The van der Waals surface area contributed by atoms with Gasteiger partial charge in [-0.1, -0.05) is 46.0 Å².